The highest BCUT2D eigenvalue weighted by Gasteiger charge is 2.57. The van der Waals surface area contributed by atoms with Gasteiger partial charge in [-0.3, -0.25) is 10.1 Å². The first-order valence-corrected chi connectivity index (χ1v) is 9.85. The van der Waals surface area contributed by atoms with Crippen molar-refractivity contribution >= 4 is 34.5 Å². The zero-order valence-electron chi connectivity index (χ0n) is 15.0. The van der Waals surface area contributed by atoms with Crippen LogP contribution in [0.5, 0.6) is 0 Å². The molecule has 2 atom stereocenters. The summed E-state index contributed by atoms with van der Waals surface area (Å²) in [5, 5.41) is 14.5. The number of anilines is 1. The minimum atomic E-state index is -0.529. The fourth-order valence-electron chi connectivity index (χ4n) is 6.40. The number of aryl methyl sites for hydroxylation is 1. The number of fused-ring (bicyclic) bond motifs is 1. The van der Waals surface area contributed by atoms with Crippen LogP contribution in [-0.4, -0.2) is 26.2 Å². The van der Waals surface area contributed by atoms with Crippen molar-refractivity contribution < 1.29 is 9.90 Å². The Labute approximate surface area is 157 Å². The van der Waals surface area contributed by atoms with Crippen LogP contribution in [-0.2, 0) is 11.8 Å². The predicted octanol–water partition coefficient (Wildman–Crippen LogP) is 3.89. The van der Waals surface area contributed by atoms with E-state index >= 15 is 0 Å². The third-order valence-electron chi connectivity index (χ3n) is 6.78. The van der Waals surface area contributed by atoms with Crippen LogP contribution < -0.4 is 5.32 Å². The molecule has 4 aliphatic carbocycles. The first kappa shape index (κ1) is 16.6. The monoisotopic (exact) mass is 373 g/mol. The second-order valence-electron chi connectivity index (χ2n) is 9.04. The van der Waals surface area contributed by atoms with Crippen LogP contribution in [0.4, 0.5) is 5.95 Å². The Bertz CT molecular complexity index is 892. The molecule has 4 fully saturated rings. The van der Waals surface area contributed by atoms with E-state index in [9.17, 15) is 9.90 Å². The maximum atomic E-state index is 12.8. The van der Waals surface area contributed by atoms with Gasteiger partial charge in [-0.1, -0.05) is 11.6 Å². The third kappa shape index (κ3) is 2.64. The van der Waals surface area contributed by atoms with Crippen LogP contribution >= 0.6 is 11.6 Å². The lowest BCUT2D eigenvalue weighted by Gasteiger charge is -2.60. The van der Waals surface area contributed by atoms with E-state index in [1.807, 2.05) is 23.7 Å². The van der Waals surface area contributed by atoms with Crippen molar-refractivity contribution in [3.63, 3.8) is 0 Å². The van der Waals surface area contributed by atoms with Crippen molar-refractivity contribution in [2.75, 3.05) is 5.32 Å². The summed E-state index contributed by atoms with van der Waals surface area (Å²) < 4.78 is 1.89. The van der Waals surface area contributed by atoms with Crippen LogP contribution in [0.25, 0.3) is 11.0 Å². The molecule has 0 radical (unpaired) electrons. The highest BCUT2D eigenvalue weighted by Crippen LogP contribution is 2.62. The number of amides is 1. The zero-order chi connectivity index (χ0) is 18.1. The number of carbonyl (C=O) groups is 1. The number of hydrogen-bond donors (Lipinski definition) is 2. The van der Waals surface area contributed by atoms with Gasteiger partial charge in [0.15, 0.2) is 0 Å². The molecule has 2 aromatic rings. The Morgan fingerprint density at radius 3 is 2.77 bits per heavy atom. The molecule has 1 aromatic carbocycles. The van der Waals surface area contributed by atoms with Gasteiger partial charge in [0.25, 0.3) is 0 Å². The summed E-state index contributed by atoms with van der Waals surface area (Å²) in [5.41, 5.74) is 1.16. The third-order valence-corrected chi connectivity index (χ3v) is 7.02. The molecule has 2 N–H and O–H groups in total. The number of nitrogens with one attached hydrogen (secondary N) is 1. The van der Waals surface area contributed by atoms with Crippen LogP contribution in [0.1, 0.15) is 44.9 Å². The second-order valence-corrected chi connectivity index (χ2v) is 9.47. The average Bonchev–Trinajstić information content (AvgIpc) is 2.79. The van der Waals surface area contributed by atoms with Crippen molar-refractivity contribution in [2.24, 2.45) is 24.3 Å². The summed E-state index contributed by atoms with van der Waals surface area (Å²) in [6.07, 6.45) is 6.51. The number of hydrogen-bond acceptors (Lipinski definition) is 3. The van der Waals surface area contributed by atoms with Gasteiger partial charge in [-0.15, -0.1) is 0 Å². The van der Waals surface area contributed by atoms with Gasteiger partial charge in [0.2, 0.25) is 11.9 Å². The van der Waals surface area contributed by atoms with E-state index in [1.165, 1.54) is 6.42 Å². The molecule has 2 unspecified atom stereocenters. The number of halogens is 1. The predicted molar refractivity (Wildman–Crippen MR) is 101 cm³/mol. The molecule has 1 aromatic heterocycles. The van der Waals surface area contributed by atoms with Gasteiger partial charge in [-0.25, -0.2) is 4.98 Å². The fraction of sp³-hybridized carbons (Fsp3) is 0.600. The normalized spacial score (nSPS) is 35.2. The average molecular weight is 374 g/mol. The molecule has 6 heteroatoms. The molecule has 5 nitrogen and oxygen atoms in total. The lowest BCUT2D eigenvalue weighted by molar-refractivity contribution is -0.167. The molecule has 0 spiro atoms. The zero-order valence-corrected chi connectivity index (χ0v) is 15.7. The number of imidazole rings is 1. The summed E-state index contributed by atoms with van der Waals surface area (Å²) >= 11 is 6.04. The lowest BCUT2D eigenvalue weighted by Crippen LogP contribution is -2.56. The smallest absolute Gasteiger partial charge is 0.227 e. The Morgan fingerprint density at radius 2 is 2.08 bits per heavy atom. The summed E-state index contributed by atoms with van der Waals surface area (Å²) in [4.78, 5) is 17.3. The Kier molecular flexibility index (Phi) is 3.48. The number of benzene rings is 1. The molecule has 138 valence electrons. The molecule has 6 rings (SSSR count). The summed E-state index contributed by atoms with van der Waals surface area (Å²) in [6, 6.07) is 5.55. The molecule has 1 amide bonds. The van der Waals surface area contributed by atoms with E-state index < -0.39 is 5.60 Å². The first-order chi connectivity index (χ1) is 12.3. The van der Waals surface area contributed by atoms with Gasteiger partial charge >= 0.3 is 0 Å². The van der Waals surface area contributed by atoms with Crippen molar-refractivity contribution in [3.05, 3.63) is 23.2 Å². The van der Waals surface area contributed by atoms with Crippen LogP contribution in [0.2, 0.25) is 5.02 Å². The minimum Gasteiger partial charge on any atom is -0.390 e. The molecular formula is C20H24ClN3O2. The molecule has 0 aliphatic heterocycles. The topological polar surface area (TPSA) is 67.2 Å². The highest BCUT2D eigenvalue weighted by molar-refractivity contribution is 6.31. The summed E-state index contributed by atoms with van der Waals surface area (Å²) in [7, 11) is 1.90. The van der Waals surface area contributed by atoms with E-state index in [-0.39, 0.29) is 11.3 Å². The minimum absolute atomic E-state index is 0.0000491. The number of aromatic nitrogens is 2. The lowest BCUT2D eigenvalue weighted by atomic mass is 9.47. The highest BCUT2D eigenvalue weighted by atomic mass is 35.5. The van der Waals surface area contributed by atoms with E-state index in [2.05, 4.69) is 10.3 Å². The second kappa shape index (κ2) is 5.46. The van der Waals surface area contributed by atoms with Gasteiger partial charge in [0.05, 0.1) is 16.6 Å². The van der Waals surface area contributed by atoms with Gasteiger partial charge < -0.3 is 9.67 Å². The van der Waals surface area contributed by atoms with Gasteiger partial charge in [-0.2, -0.15) is 0 Å². The quantitative estimate of drug-likeness (QED) is 0.857. The van der Waals surface area contributed by atoms with Crippen molar-refractivity contribution in [3.8, 4) is 0 Å². The van der Waals surface area contributed by atoms with Gasteiger partial charge in [0, 0.05) is 18.5 Å². The van der Waals surface area contributed by atoms with Gasteiger partial charge in [-0.05, 0) is 74.0 Å². The summed E-state index contributed by atoms with van der Waals surface area (Å²) in [5.74, 6) is 1.73. The molecule has 4 aliphatic rings. The number of carbonyl (C=O) groups excluding carboxylic acids is 1. The molecule has 0 saturated heterocycles. The summed E-state index contributed by atoms with van der Waals surface area (Å²) in [6.45, 7) is 0. The standard InChI is InChI=1S/C20H24ClN3O2/c1-24-16-3-2-14(21)5-15(16)22-18(24)23-17(25)10-19-6-12-4-13(7-19)9-20(26,8-12)11-19/h2-3,5,12-13,26H,4,6-11H2,1H3,(H,22,23,25). The van der Waals surface area contributed by atoms with Crippen LogP contribution in [0.3, 0.4) is 0 Å². The maximum absolute atomic E-state index is 12.8. The van der Waals surface area contributed by atoms with E-state index in [0.29, 0.717) is 29.2 Å². The fourth-order valence-corrected chi connectivity index (χ4v) is 6.57. The Hall–Kier alpha value is -1.59. The molecular weight excluding hydrogens is 350 g/mol. The van der Waals surface area contributed by atoms with Crippen LogP contribution in [0, 0.1) is 17.3 Å². The molecule has 4 saturated carbocycles. The number of aliphatic hydroxyl groups is 1. The van der Waals surface area contributed by atoms with Gasteiger partial charge in [0.1, 0.15) is 0 Å². The molecule has 4 bridgehead atoms. The van der Waals surface area contributed by atoms with Crippen molar-refractivity contribution in [2.45, 2.75) is 50.5 Å². The van der Waals surface area contributed by atoms with E-state index in [4.69, 9.17) is 11.6 Å². The van der Waals surface area contributed by atoms with Crippen molar-refractivity contribution in [1.29, 1.82) is 0 Å². The van der Waals surface area contributed by atoms with Crippen molar-refractivity contribution in [1.82, 2.24) is 9.55 Å². The van der Waals surface area contributed by atoms with E-state index in [0.717, 1.165) is 43.1 Å². The molecule has 1 heterocycles. The Morgan fingerprint density at radius 1 is 1.35 bits per heavy atom. The number of nitrogens with zero attached hydrogens (tertiary/aromatic N) is 2. The first-order valence-electron chi connectivity index (χ1n) is 9.47. The Balaban J connectivity index is 1.36. The maximum Gasteiger partial charge on any atom is 0.227 e. The van der Waals surface area contributed by atoms with Crippen LogP contribution in [0.15, 0.2) is 18.2 Å². The number of rotatable bonds is 3. The molecule has 26 heavy (non-hydrogen) atoms. The van der Waals surface area contributed by atoms with E-state index in [1.54, 1.807) is 6.07 Å². The largest absolute Gasteiger partial charge is 0.390 e. The SMILES string of the molecule is Cn1c(NC(=O)CC23CC4CC(CC(O)(C4)C2)C3)nc2cc(Cl)ccc21.